The van der Waals surface area contributed by atoms with Gasteiger partial charge in [0.15, 0.2) is 5.58 Å². The summed E-state index contributed by atoms with van der Waals surface area (Å²) >= 11 is 1.89. The second kappa shape index (κ2) is 18.4. The molecule has 0 N–H and O–H groups in total. The number of hydrogen-bond acceptors (Lipinski definition) is 4. The Morgan fingerprint density at radius 2 is 0.768 bits per heavy atom. The molecule has 2 aromatic heterocycles. The van der Waals surface area contributed by atoms with Crippen molar-refractivity contribution in [1.82, 2.24) is 0 Å². The van der Waals surface area contributed by atoms with Crippen LogP contribution in [0.4, 0.5) is 34.1 Å². The monoisotopic (exact) mass is 1070 g/mol. The van der Waals surface area contributed by atoms with Crippen LogP contribution in [0.3, 0.4) is 0 Å². The minimum Gasteiger partial charge on any atom is -0.454 e. The van der Waals surface area contributed by atoms with Gasteiger partial charge in [-0.15, -0.1) is 11.3 Å². The zero-order valence-corrected chi connectivity index (χ0v) is 46.9. The maximum absolute atomic E-state index is 6.80. The maximum Gasteiger partial charge on any atom is 0.159 e. The molecule has 82 heavy (non-hydrogen) atoms. The fourth-order valence-corrected chi connectivity index (χ4v) is 15.0. The van der Waals surface area contributed by atoms with Crippen molar-refractivity contribution in [1.29, 1.82) is 0 Å². The first-order valence-electron chi connectivity index (χ1n) is 28.5. The lowest BCUT2D eigenvalue weighted by Gasteiger charge is -2.30. The molecule has 0 radical (unpaired) electrons. The van der Waals surface area contributed by atoms with Crippen molar-refractivity contribution in [3.05, 3.63) is 289 Å². The second-order valence-corrected chi connectivity index (χ2v) is 24.2. The van der Waals surface area contributed by atoms with Crippen LogP contribution < -0.4 is 9.80 Å². The number of para-hydroxylation sites is 4. The van der Waals surface area contributed by atoms with Crippen LogP contribution in [-0.4, -0.2) is 0 Å². The molecule has 2 heterocycles. The zero-order chi connectivity index (χ0) is 54.8. The lowest BCUT2D eigenvalue weighted by molar-refractivity contribution is 0.660. The van der Waals surface area contributed by atoms with Crippen LogP contribution in [0.2, 0.25) is 0 Å². The maximum atomic E-state index is 6.80. The molecule has 2 aliphatic carbocycles. The van der Waals surface area contributed by atoms with E-state index in [0.29, 0.717) is 0 Å². The van der Waals surface area contributed by atoms with Crippen molar-refractivity contribution in [2.24, 2.45) is 0 Å². The third kappa shape index (κ3) is 7.34. The lowest BCUT2D eigenvalue weighted by Crippen LogP contribution is -2.17. The summed E-state index contributed by atoms with van der Waals surface area (Å²) in [4.78, 5) is 4.93. The van der Waals surface area contributed by atoms with Crippen LogP contribution in [0.15, 0.2) is 271 Å². The van der Waals surface area contributed by atoms with Crippen molar-refractivity contribution >= 4 is 87.6 Å². The van der Waals surface area contributed by atoms with Crippen LogP contribution in [0.5, 0.6) is 0 Å². The summed E-state index contributed by atoms with van der Waals surface area (Å²) in [5.41, 5.74) is 25.6. The molecule has 0 fully saturated rings. The summed E-state index contributed by atoms with van der Waals surface area (Å²) in [5, 5.41) is 4.74. The van der Waals surface area contributed by atoms with Crippen LogP contribution in [0.25, 0.3) is 97.7 Å². The highest BCUT2D eigenvalue weighted by atomic mass is 32.1. The zero-order valence-electron chi connectivity index (χ0n) is 46.1. The Kier molecular flexibility index (Phi) is 10.8. The van der Waals surface area contributed by atoms with Gasteiger partial charge < -0.3 is 14.2 Å². The Bertz CT molecular complexity index is 4890. The minimum atomic E-state index is -0.296. The Hall–Kier alpha value is -9.74. The van der Waals surface area contributed by atoms with Crippen molar-refractivity contribution < 1.29 is 4.42 Å². The minimum absolute atomic E-state index is 0.144. The van der Waals surface area contributed by atoms with Gasteiger partial charge in [-0.05, 0) is 140 Å². The lowest BCUT2D eigenvalue weighted by atomic mass is 9.81. The van der Waals surface area contributed by atoms with Gasteiger partial charge >= 0.3 is 0 Å². The first kappa shape index (κ1) is 48.2. The number of benzene rings is 12. The number of fused-ring (bicyclic) bond motifs is 12. The third-order valence-corrected chi connectivity index (χ3v) is 19.1. The molecular formula is C78H56N2OS. The molecule has 390 valence electrons. The number of anilines is 6. The number of furan rings is 1. The Balaban J connectivity index is 0.803. The molecule has 0 atom stereocenters. The molecule has 0 amide bonds. The van der Waals surface area contributed by atoms with Gasteiger partial charge in [-0.2, -0.15) is 0 Å². The summed E-state index contributed by atoms with van der Waals surface area (Å²) < 4.78 is 9.33. The van der Waals surface area contributed by atoms with E-state index in [-0.39, 0.29) is 10.8 Å². The predicted molar refractivity (Wildman–Crippen MR) is 347 cm³/mol. The first-order valence-corrected chi connectivity index (χ1v) is 29.3. The molecule has 14 aromatic rings. The summed E-state index contributed by atoms with van der Waals surface area (Å²) in [5.74, 6) is 0. The normalized spacial score (nSPS) is 13.6. The Labute approximate surface area is 482 Å². The van der Waals surface area contributed by atoms with Gasteiger partial charge in [0.2, 0.25) is 0 Å². The summed E-state index contributed by atoms with van der Waals surface area (Å²) in [7, 11) is 0. The van der Waals surface area contributed by atoms with E-state index < -0.39 is 0 Å². The molecule has 0 bridgehead atoms. The van der Waals surface area contributed by atoms with Crippen molar-refractivity contribution in [3.8, 4) is 55.6 Å². The highest BCUT2D eigenvalue weighted by molar-refractivity contribution is 7.26. The quantitative estimate of drug-likeness (QED) is 0.144. The topological polar surface area (TPSA) is 19.6 Å². The van der Waals surface area contributed by atoms with Gasteiger partial charge in [-0.25, -0.2) is 0 Å². The van der Waals surface area contributed by atoms with E-state index in [4.69, 9.17) is 4.42 Å². The molecule has 0 saturated heterocycles. The number of nitrogens with zero attached hydrogens (tertiary/aromatic N) is 2. The fraction of sp³-hybridized carbons (Fsp3) is 0.0769. The standard InChI is InChI=1S/C78H56N2OS/c1-77(2)65-31-15-11-27-57(65)59-42-40-54(48-67(59)77)80(70-33-17-13-26-56(70)50-23-9-6-10-24-50)72-35-20-30-63-64-45-51(38-44-74(64)82-76(63)72)52-37-41-58-60-43-39-53(47-68(60)78(3,4)66(58)46-52)79(69-32-16-12-25-55(69)49-21-7-5-8-22-49)71-34-19-29-62-61-28-14-18-36-73(61)81-75(62)71/h5-48H,1-4H3. The van der Waals surface area contributed by atoms with Gasteiger partial charge in [0.1, 0.15) is 5.58 Å². The van der Waals surface area contributed by atoms with Crippen LogP contribution in [-0.2, 0) is 10.8 Å². The third-order valence-electron chi connectivity index (χ3n) is 17.9. The van der Waals surface area contributed by atoms with Gasteiger partial charge in [-0.3, -0.25) is 0 Å². The molecule has 16 rings (SSSR count). The smallest absolute Gasteiger partial charge is 0.159 e. The second-order valence-electron chi connectivity index (χ2n) is 23.2. The van der Waals surface area contributed by atoms with E-state index in [0.717, 1.165) is 61.5 Å². The van der Waals surface area contributed by atoms with Crippen LogP contribution in [0.1, 0.15) is 49.9 Å². The van der Waals surface area contributed by atoms with Gasteiger partial charge in [0.05, 0.1) is 27.4 Å². The molecule has 12 aromatic carbocycles. The van der Waals surface area contributed by atoms with Gasteiger partial charge in [0.25, 0.3) is 0 Å². The van der Waals surface area contributed by atoms with E-state index in [9.17, 15) is 0 Å². The molecule has 0 aliphatic heterocycles. The van der Waals surface area contributed by atoms with E-state index in [2.05, 4.69) is 298 Å². The predicted octanol–water partition coefficient (Wildman–Crippen LogP) is 22.5. The number of thiophene rings is 1. The molecule has 2 aliphatic rings. The first-order chi connectivity index (χ1) is 40.2. The highest BCUT2D eigenvalue weighted by Crippen LogP contribution is 2.56. The van der Waals surface area contributed by atoms with Crippen molar-refractivity contribution in [2.45, 2.75) is 38.5 Å². The Morgan fingerprint density at radius 3 is 1.44 bits per heavy atom. The van der Waals surface area contributed by atoms with Crippen molar-refractivity contribution in [2.75, 3.05) is 9.80 Å². The average Bonchev–Trinajstić information content (AvgIpc) is 4.17. The molecular weight excluding hydrogens is 1010 g/mol. The number of hydrogen-bond donors (Lipinski definition) is 0. The summed E-state index contributed by atoms with van der Waals surface area (Å²) in [6.07, 6.45) is 0. The van der Waals surface area contributed by atoms with E-state index >= 15 is 0 Å². The van der Waals surface area contributed by atoms with Crippen LogP contribution >= 0.6 is 11.3 Å². The number of rotatable bonds is 9. The molecule has 3 nitrogen and oxygen atoms in total. The van der Waals surface area contributed by atoms with Crippen LogP contribution in [0, 0.1) is 0 Å². The van der Waals surface area contributed by atoms with Gasteiger partial charge in [-0.1, -0.05) is 222 Å². The molecule has 0 spiro atoms. The van der Waals surface area contributed by atoms with E-state index in [1.54, 1.807) is 0 Å². The largest absolute Gasteiger partial charge is 0.454 e. The summed E-state index contributed by atoms with van der Waals surface area (Å²) in [6, 6.07) is 98.4. The molecule has 4 heteroatoms. The average molecular weight is 1070 g/mol. The summed E-state index contributed by atoms with van der Waals surface area (Å²) in [6.45, 7) is 9.54. The fourth-order valence-electron chi connectivity index (χ4n) is 13.8. The SMILES string of the molecule is CC1(C)c2cc(-c3ccc4sc5c(N(c6ccc7c(c6)C(C)(C)c6ccccc6-7)c6ccccc6-c6ccccc6)cccc5c4c3)ccc2-c2ccc(N(c3ccccc3-c3ccccc3)c3cccc4c3oc3ccccc34)cc21. The molecule has 0 unspecified atom stereocenters. The Morgan fingerprint density at radius 1 is 0.305 bits per heavy atom. The van der Waals surface area contributed by atoms with E-state index in [1.165, 1.54) is 92.6 Å². The van der Waals surface area contributed by atoms with E-state index in [1.807, 2.05) is 17.4 Å². The highest BCUT2D eigenvalue weighted by Gasteiger charge is 2.38. The van der Waals surface area contributed by atoms with Gasteiger partial charge in [0, 0.05) is 59.6 Å². The molecule has 0 saturated carbocycles. The van der Waals surface area contributed by atoms with Crippen molar-refractivity contribution in [3.63, 3.8) is 0 Å².